The monoisotopic (exact) mass is 240 g/mol. The maximum Gasteiger partial charge on any atom is 0.237 e. The fourth-order valence-corrected chi connectivity index (χ4v) is 3.03. The van der Waals surface area contributed by atoms with Crippen molar-refractivity contribution < 1.29 is 4.79 Å². The van der Waals surface area contributed by atoms with E-state index in [-0.39, 0.29) is 5.91 Å². The number of piperazine rings is 1. The van der Waals surface area contributed by atoms with E-state index in [4.69, 9.17) is 11.5 Å². The Kier molecular flexibility index (Phi) is 3.70. The number of carbonyl (C=O) groups excluding carboxylic acids is 1. The predicted molar refractivity (Wildman–Crippen MR) is 67.4 cm³/mol. The molecular weight excluding hydrogens is 216 g/mol. The zero-order valence-electron chi connectivity index (χ0n) is 10.7. The van der Waals surface area contributed by atoms with Gasteiger partial charge in [0.25, 0.3) is 0 Å². The van der Waals surface area contributed by atoms with Gasteiger partial charge in [0.1, 0.15) is 0 Å². The van der Waals surface area contributed by atoms with Crippen LogP contribution in [-0.4, -0.2) is 60.0 Å². The quantitative estimate of drug-likeness (QED) is 0.688. The molecule has 5 heteroatoms. The number of amides is 1. The number of nitrogens with zero attached hydrogens (tertiary/aromatic N) is 2. The molecule has 2 rings (SSSR count). The van der Waals surface area contributed by atoms with Gasteiger partial charge in [-0.15, -0.1) is 0 Å². The number of hydrogen-bond donors (Lipinski definition) is 2. The highest BCUT2D eigenvalue weighted by molar-refractivity contribution is 5.84. The molecule has 2 fully saturated rings. The van der Waals surface area contributed by atoms with E-state index in [2.05, 4.69) is 16.7 Å². The highest BCUT2D eigenvalue weighted by atomic mass is 16.1. The van der Waals surface area contributed by atoms with Gasteiger partial charge >= 0.3 is 0 Å². The maximum atomic E-state index is 11.3. The number of likely N-dealkylation sites (N-methyl/N-ethyl adjacent to an activating group) is 1. The van der Waals surface area contributed by atoms with Crippen LogP contribution in [0.3, 0.4) is 0 Å². The van der Waals surface area contributed by atoms with Crippen molar-refractivity contribution in [1.29, 1.82) is 0 Å². The standard InChI is InChI=1S/C12H24N4O/c1-2-15-5-7-16(8-6-15)10-3-4-12(14,9-10)11(13)17/h10H,2-9,14H2,1H3,(H2,13,17). The van der Waals surface area contributed by atoms with Crippen LogP contribution in [0.5, 0.6) is 0 Å². The topological polar surface area (TPSA) is 75.6 Å². The molecule has 0 radical (unpaired) electrons. The lowest BCUT2D eigenvalue weighted by molar-refractivity contribution is -0.123. The number of carbonyl (C=O) groups is 1. The van der Waals surface area contributed by atoms with Gasteiger partial charge in [0.05, 0.1) is 5.54 Å². The predicted octanol–water partition coefficient (Wildman–Crippen LogP) is -0.641. The molecule has 0 bridgehead atoms. The van der Waals surface area contributed by atoms with Crippen molar-refractivity contribution in [3.8, 4) is 0 Å². The van der Waals surface area contributed by atoms with Crippen LogP contribution in [0.4, 0.5) is 0 Å². The van der Waals surface area contributed by atoms with Crippen molar-refractivity contribution in [3.63, 3.8) is 0 Å². The molecule has 0 spiro atoms. The molecule has 1 heterocycles. The molecule has 2 aliphatic rings. The van der Waals surface area contributed by atoms with Gasteiger partial charge in [-0.2, -0.15) is 0 Å². The lowest BCUT2D eigenvalue weighted by Gasteiger charge is -2.38. The molecular formula is C12H24N4O. The highest BCUT2D eigenvalue weighted by Gasteiger charge is 2.42. The van der Waals surface area contributed by atoms with Crippen molar-refractivity contribution in [3.05, 3.63) is 0 Å². The first-order valence-corrected chi connectivity index (χ1v) is 6.60. The Labute approximate surface area is 103 Å². The van der Waals surface area contributed by atoms with Crippen molar-refractivity contribution in [2.45, 2.75) is 37.8 Å². The molecule has 2 unspecified atom stereocenters. The largest absolute Gasteiger partial charge is 0.368 e. The Balaban J connectivity index is 1.87. The zero-order chi connectivity index (χ0) is 12.5. The number of primary amides is 1. The summed E-state index contributed by atoms with van der Waals surface area (Å²) in [7, 11) is 0. The van der Waals surface area contributed by atoms with Crippen molar-refractivity contribution in [2.24, 2.45) is 11.5 Å². The summed E-state index contributed by atoms with van der Waals surface area (Å²) in [5, 5.41) is 0. The van der Waals surface area contributed by atoms with Crippen LogP contribution < -0.4 is 11.5 Å². The lowest BCUT2D eigenvalue weighted by Crippen LogP contribution is -2.53. The summed E-state index contributed by atoms with van der Waals surface area (Å²) >= 11 is 0. The van der Waals surface area contributed by atoms with E-state index in [0.717, 1.165) is 52.0 Å². The average molecular weight is 240 g/mol. The Morgan fingerprint density at radius 3 is 2.47 bits per heavy atom. The summed E-state index contributed by atoms with van der Waals surface area (Å²) in [6, 6.07) is 0.450. The third-order valence-electron chi connectivity index (χ3n) is 4.38. The Hall–Kier alpha value is -0.650. The molecule has 1 aliphatic carbocycles. The molecule has 98 valence electrons. The third kappa shape index (κ3) is 2.61. The van der Waals surface area contributed by atoms with Crippen molar-refractivity contribution in [1.82, 2.24) is 9.80 Å². The molecule has 1 saturated heterocycles. The smallest absolute Gasteiger partial charge is 0.237 e. The number of nitrogens with two attached hydrogens (primary N) is 2. The van der Waals surface area contributed by atoms with E-state index in [1.54, 1.807) is 0 Å². The van der Waals surface area contributed by atoms with Crippen LogP contribution in [0.1, 0.15) is 26.2 Å². The Morgan fingerprint density at radius 2 is 2.00 bits per heavy atom. The van der Waals surface area contributed by atoms with Gasteiger partial charge in [-0.25, -0.2) is 0 Å². The normalized spacial score (nSPS) is 36.2. The first-order valence-electron chi connectivity index (χ1n) is 6.60. The molecule has 0 aromatic heterocycles. The second-order valence-electron chi connectivity index (χ2n) is 5.39. The van der Waals surface area contributed by atoms with Crippen LogP contribution in [-0.2, 0) is 4.79 Å². The van der Waals surface area contributed by atoms with E-state index >= 15 is 0 Å². The molecule has 1 amide bonds. The van der Waals surface area contributed by atoms with Crippen LogP contribution in [0.25, 0.3) is 0 Å². The van der Waals surface area contributed by atoms with E-state index in [1.807, 2.05) is 0 Å². The Morgan fingerprint density at radius 1 is 1.35 bits per heavy atom. The Bertz CT molecular complexity index is 288. The average Bonchev–Trinajstić information content (AvgIpc) is 2.74. The van der Waals surface area contributed by atoms with Crippen LogP contribution in [0.2, 0.25) is 0 Å². The van der Waals surface area contributed by atoms with Crippen molar-refractivity contribution >= 4 is 5.91 Å². The van der Waals surface area contributed by atoms with Crippen LogP contribution in [0.15, 0.2) is 0 Å². The van der Waals surface area contributed by atoms with Gasteiger partial charge in [-0.1, -0.05) is 6.92 Å². The summed E-state index contributed by atoms with van der Waals surface area (Å²) in [4.78, 5) is 16.3. The highest BCUT2D eigenvalue weighted by Crippen LogP contribution is 2.31. The van der Waals surface area contributed by atoms with Gasteiger partial charge in [-0.3, -0.25) is 9.69 Å². The van der Waals surface area contributed by atoms with Gasteiger partial charge in [0.15, 0.2) is 0 Å². The van der Waals surface area contributed by atoms with Gasteiger partial charge < -0.3 is 16.4 Å². The van der Waals surface area contributed by atoms with Crippen LogP contribution in [0, 0.1) is 0 Å². The molecule has 0 aromatic carbocycles. The molecule has 0 aromatic rings. The first kappa shape index (κ1) is 12.8. The molecule has 17 heavy (non-hydrogen) atoms. The van der Waals surface area contributed by atoms with E-state index in [9.17, 15) is 4.79 Å². The van der Waals surface area contributed by atoms with Gasteiger partial charge in [0.2, 0.25) is 5.91 Å². The fraction of sp³-hybridized carbons (Fsp3) is 0.917. The molecule has 1 saturated carbocycles. The second kappa shape index (κ2) is 4.92. The van der Waals surface area contributed by atoms with E-state index in [1.165, 1.54) is 0 Å². The number of hydrogen-bond acceptors (Lipinski definition) is 4. The fourth-order valence-electron chi connectivity index (χ4n) is 3.03. The zero-order valence-corrected chi connectivity index (χ0v) is 10.7. The van der Waals surface area contributed by atoms with E-state index in [0.29, 0.717) is 6.04 Å². The minimum absolute atomic E-state index is 0.341. The molecule has 4 N–H and O–H groups in total. The van der Waals surface area contributed by atoms with Gasteiger partial charge in [0, 0.05) is 32.2 Å². The lowest BCUT2D eigenvalue weighted by atomic mass is 9.98. The third-order valence-corrected chi connectivity index (χ3v) is 4.38. The second-order valence-corrected chi connectivity index (χ2v) is 5.39. The van der Waals surface area contributed by atoms with Gasteiger partial charge in [-0.05, 0) is 25.8 Å². The molecule has 5 nitrogen and oxygen atoms in total. The summed E-state index contributed by atoms with van der Waals surface area (Å²) in [5.74, 6) is -0.341. The number of rotatable bonds is 3. The van der Waals surface area contributed by atoms with Crippen LogP contribution >= 0.6 is 0 Å². The first-order chi connectivity index (χ1) is 8.05. The molecule has 1 aliphatic heterocycles. The van der Waals surface area contributed by atoms with E-state index < -0.39 is 5.54 Å². The maximum absolute atomic E-state index is 11.3. The summed E-state index contributed by atoms with van der Waals surface area (Å²) < 4.78 is 0. The summed E-state index contributed by atoms with van der Waals surface area (Å²) in [6.07, 6.45) is 2.47. The minimum atomic E-state index is -0.757. The molecule has 2 atom stereocenters. The summed E-state index contributed by atoms with van der Waals surface area (Å²) in [5.41, 5.74) is 10.7. The minimum Gasteiger partial charge on any atom is -0.368 e. The SMILES string of the molecule is CCN1CCN(C2CCC(N)(C(N)=O)C2)CC1. The van der Waals surface area contributed by atoms with Crippen molar-refractivity contribution in [2.75, 3.05) is 32.7 Å². The summed E-state index contributed by atoms with van der Waals surface area (Å²) in [6.45, 7) is 7.76.